The van der Waals surface area contributed by atoms with E-state index in [2.05, 4.69) is 9.26 Å². The van der Waals surface area contributed by atoms with Gasteiger partial charge in [-0.05, 0) is 18.2 Å². The van der Waals surface area contributed by atoms with E-state index in [1.165, 1.54) is 0 Å². The zero-order valence-corrected chi connectivity index (χ0v) is 16.5. The van der Waals surface area contributed by atoms with E-state index < -0.39 is 67.9 Å². The van der Waals surface area contributed by atoms with Crippen molar-refractivity contribution in [3.05, 3.63) is 62.2 Å². The minimum atomic E-state index is -5.00. The van der Waals surface area contributed by atoms with Gasteiger partial charge < -0.3 is 19.5 Å². The predicted molar refractivity (Wildman–Crippen MR) is 98.1 cm³/mol. The molecule has 32 heavy (non-hydrogen) atoms. The molecule has 3 N–H and O–H groups in total. The highest BCUT2D eigenvalue weighted by Crippen LogP contribution is 2.55. The van der Waals surface area contributed by atoms with Crippen LogP contribution in [0.3, 0.4) is 0 Å². The van der Waals surface area contributed by atoms with Crippen molar-refractivity contribution in [3.63, 3.8) is 0 Å². The number of ether oxygens (including phenoxy) is 1. The molecule has 1 aromatic carbocycles. The van der Waals surface area contributed by atoms with Crippen LogP contribution in [0, 0.1) is 5.82 Å². The molecule has 15 heteroatoms. The number of halogens is 2. The molecule has 2 aliphatic heterocycles. The molecule has 0 spiro atoms. The smallest absolute Gasteiger partial charge is 0.404 e. The Labute approximate surface area is 180 Å². The van der Waals surface area contributed by atoms with Crippen LogP contribution < -0.4 is 15.8 Å². The Balaban J connectivity index is 1.68. The van der Waals surface area contributed by atoms with Gasteiger partial charge >= 0.3 is 13.5 Å². The summed E-state index contributed by atoms with van der Waals surface area (Å²) in [4.78, 5) is 36.4. The number of benzene rings is 1. The normalized spacial score (nSPS) is 35.8. The van der Waals surface area contributed by atoms with Crippen molar-refractivity contribution in [2.75, 3.05) is 6.56 Å². The number of hydrogen-bond donors (Lipinski definition) is 3. The zero-order chi connectivity index (χ0) is 26.0. The Morgan fingerprint density at radius 1 is 1.47 bits per heavy atom. The third-order valence-corrected chi connectivity index (χ3v) is 5.61. The quantitative estimate of drug-likeness (QED) is 0.397. The number of nitrogens with zero attached hydrogens (tertiary/aromatic N) is 1. The van der Waals surface area contributed by atoms with Gasteiger partial charge in [0.15, 0.2) is 12.5 Å². The summed E-state index contributed by atoms with van der Waals surface area (Å²) in [5, 5.41) is 20.6. The van der Waals surface area contributed by atoms with Crippen molar-refractivity contribution in [2.45, 2.75) is 30.9 Å². The van der Waals surface area contributed by atoms with Crippen LogP contribution in [0.5, 0.6) is 5.75 Å². The second kappa shape index (κ2) is 7.99. The van der Waals surface area contributed by atoms with Crippen molar-refractivity contribution < 1.29 is 50.8 Å². The van der Waals surface area contributed by atoms with Gasteiger partial charge in [0.05, 0.1) is 16.3 Å². The molecule has 1 fully saturated rings. The maximum Gasteiger partial charge on any atom is 0.530 e. The first kappa shape index (κ1) is 18.8. The van der Waals surface area contributed by atoms with Crippen molar-refractivity contribution in [3.8, 4) is 5.75 Å². The Bertz CT molecular complexity index is 1370. The Kier molecular flexibility index (Phi) is 4.69. The molecule has 2 aromatic rings. The highest BCUT2D eigenvalue weighted by atomic mass is 31.2. The molecule has 12 nitrogen and oxygen atoms in total. The molecule has 172 valence electrons. The largest absolute Gasteiger partial charge is 0.530 e. The van der Waals surface area contributed by atoms with E-state index >= 15 is 4.39 Å². The van der Waals surface area contributed by atoms with Crippen molar-refractivity contribution in [1.29, 1.82) is 0 Å². The first-order valence-corrected chi connectivity index (χ1v) is 10.1. The van der Waals surface area contributed by atoms with Gasteiger partial charge in [-0.3, -0.25) is 28.2 Å². The number of alkyl halides is 1. The molecule has 0 saturated carbocycles. The lowest BCUT2D eigenvalue weighted by atomic mass is 10.1. The first-order chi connectivity index (χ1) is 16.2. The van der Waals surface area contributed by atoms with Gasteiger partial charge in [-0.25, -0.2) is 18.1 Å². The lowest BCUT2D eigenvalue weighted by Crippen LogP contribution is -2.43. The fourth-order valence-electron chi connectivity index (χ4n) is 2.83. The van der Waals surface area contributed by atoms with E-state index in [1.807, 2.05) is 0 Å². The lowest BCUT2D eigenvalue weighted by Gasteiger charge is -2.28. The number of phosphoric acid groups is 1. The Hall–Kier alpha value is -2.74. The number of hydrogen-bond acceptors (Lipinski definition) is 10. The minimum Gasteiger partial charge on any atom is -0.404 e. The van der Waals surface area contributed by atoms with Gasteiger partial charge in [0.2, 0.25) is 0 Å². The van der Waals surface area contributed by atoms with E-state index in [0.29, 0.717) is 6.20 Å². The van der Waals surface area contributed by atoms with Crippen LogP contribution in [0.25, 0.3) is 0 Å². The van der Waals surface area contributed by atoms with Crippen LogP contribution in [0.15, 0.2) is 34.0 Å². The van der Waals surface area contributed by atoms with Crippen LogP contribution in [0.4, 0.5) is 8.78 Å². The third-order valence-electron chi connectivity index (χ3n) is 4.43. The van der Waals surface area contributed by atoms with Crippen molar-refractivity contribution in [2.24, 2.45) is 0 Å². The van der Waals surface area contributed by atoms with Gasteiger partial charge in [0.25, 0.3) is 11.4 Å². The number of aromatic nitrogens is 2. The summed E-state index contributed by atoms with van der Waals surface area (Å²) < 4.78 is 85.0. The standard InChI is InChI=1S/C17H15F2N2O10P/c18-10-1-2-11-8(3-10)6-28-32(27,31-11)29-7-17(19)13(24)12(23)15(30-17)21-4-9(5-22)14(25)20-16(21)26/h1-5,12-13,15,23-24H,6-7H2,(H,20,25,26)/t12-,13+,15-,17-,32?/m1/s1/i7D2,15D. The summed E-state index contributed by atoms with van der Waals surface area (Å²) in [6.45, 7) is -4.59. The van der Waals surface area contributed by atoms with Crippen LogP contribution in [-0.4, -0.2) is 50.7 Å². The van der Waals surface area contributed by atoms with Gasteiger partial charge in [0.1, 0.15) is 30.3 Å². The van der Waals surface area contributed by atoms with E-state index in [1.54, 1.807) is 4.98 Å². The monoisotopic (exact) mass is 479 g/mol. The van der Waals surface area contributed by atoms with E-state index in [-0.39, 0.29) is 22.2 Å². The van der Waals surface area contributed by atoms with Gasteiger partial charge in [0, 0.05) is 11.8 Å². The summed E-state index contributed by atoms with van der Waals surface area (Å²) in [6, 6.07) is 2.91. The molecule has 0 amide bonds. The van der Waals surface area contributed by atoms with Crippen LogP contribution in [0.1, 0.15) is 26.2 Å². The zero-order valence-electron chi connectivity index (χ0n) is 18.6. The van der Waals surface area contributed by atoms with E-state index in [4.69, 9.17) is 13.2 Å². The molecule has 1 saturated heterocycles. The number of phosphoric ester groups is 1. The molecule has 1 unspecified atom stereocenters. The SMILES string of the molecule is [2H]C([2H])(OP1(=O)OCc2cc(F)ccc2O1)[C@@]1(F)O[C@@]([2H])(n2cc(C=O)c(=O)[nH]c2=O)[C@H](O)[C@@H]1O. The number of rotatable bonds is 5. The number of carbonyl (C=O) groups excluding carboxylic acids is 1. The molecule has 3 heterocycles. The fourth-order valence-corrected chi connectivity index (χ4v) is 3.92. The predicted octanol–water partition coefficient (Wildman–Crippen LogP) is 0.138. The van der Waals surface area contributed by atoms with E-state index in [9.17, 15) is 33.6 Å². The van der Waals surface area contributed by atoms with Gasteiger partial charge in [-0.15, -0.1) is 0 Å². The number of aliphatic hydroxyl groups excluding tert-OH is 2. The summed E-state index contributed by atoms with van der Waals surface area (Å²) in [5.41, 5.74) is -3.35. The average molecular weight is 479 g/mol. The molecule has 5 atom stereocenters. The lowest BCUT2D eigenvalue weighted by molar-refractivity contribution is -0.205. The number of fused-ring (bicyclic) bond motifs is 1. The van der Waals surface area contributed by atoms with Crippen LogP contribution in [0.2, 0.25) is 0 Å². The number of carbonyl (C=O) groups is 1. The summed E-state index contributed by atoms with van der Waals surface area (Å²) >= 11 is 0. The minimum absolute atomic E-state index is 0.0317. The third kappa shape index (κ3) is 3.92. The second-order valence-electron chi connectivity index (χ2n) is 6.56. The molecule has 2 aliphatic rings. The van der Waals surface area contributed by atoms with Crippen LogP contribution >= 0.6 is 7.82 Å². The highest BCUT2D eigenvalue weighted by molar-refractivity contribution is 7.49. The highest BCUT2D eigenvalue weighted by Gasteiger charge is 2.57. The topological polar surface area (TPSA) is 166 Å². The summed E-state index contributed by atoms with van der Waals surface area (Å²) in [5.74, 6) is -5.13. The maximum absolute atomic E-state index is 15.8. The molecule has 0 bridgehead atoms. The maximum atomic E-state index is 15.8. The molecule has 0 aliphatic carbocycles. The summed E-state index contributed by atoms with van der Waals surface area (Å²) in [6.07, 6.45) is -8.63. The summed E-state index contributed by atoms with van der Waals surface area (Å²) in [7, 11) is -5.00. The Morgan fingerprint density at radius 3 is 2.94 bits per heavy atom. The van der Waals surface area contributed by atoms with Crippen LogP contribution in [-0.2, 0) is 25.0 Å². The second-order valence-corrected chi connectivity index (χ2v) is 8.08. The number of aromatic amines is 1. The molecule has 1 aromatic heterocycles. The molecule has 4 rings (SSSR count). The molecular formula is C17H15F2N2O10P. The Morgan fingerprint density at radius 2 is 2.22 bits per heavy atom. The van der Waals surface area contributed by atoms with Crippen molar-refractivity contribution >= 4 is 14.1 Å². The first-order valence-electron chi connectivity index (χ1n) is 10.2. The molecule has 0 radical (unpaired) electrons. The number of H-pyrrole nitrogens is 1. The number of nitrogens with one attached hydrogen (secondary N) is 1. The van der Waals surface area contributed by atoms with Crippen molar-refractivity contribution in [1.82, 2.24) is 9.55 Å². The number of aldehydes is 1. The van der Waals surface area contributed by atoms with E-state index in [0.717, 1.165) is 18.2 Å². The molecular weight excluding hydrogens is 461 g/mol. The number of aliphatic hydroxyl groups is 2. The fraction of sp³-hybridized carbons (Fsp3) is 0.353. The van der Waals surface area contributed by atoms with Gasteiger partial charge in [-0.1, -0.05) is 0 Å². The average Bonchev–Trinajstić information content (AvgIpc) is 2.95. The van der Waals surface area contributed by atoms with Gasteiger partial charge in [-0.2, -0.15) is 0 Å².